The van der Waals surface area contributed by atoms with Crippen molar-refractivity contribution in [1.82, 2.24) is 15.5 Å². The van der Waals surface area contributed by atoms with Crippen LogP contribution in [-0.2, 0) is 19.6 Å². The third-order valence-electron chi connectivity index (χ3n) is 5.23. The highest BCUT2D eigenvalue weighted by Crippen LogP contribution is 2.13. The molecule has 0 aliphatic carbocycles. The van der Waals surface area contributed by atoms with Crippen molar-refractivity contribution in [3.05, 3.63) is 70.8 Å². The molecule has 1 heterocycles. The quantitative estimate of drug-likeness (QED) is 0.499. The van der Waals surface area contributed by atoms with Gasteiger partial charge in [-0.3, -0.25) is 14.7 Å². The van der Waals surface area contributed by atoms with Gasteiger partial charge in [0.2, 0.25) is 5.91 Å². The Morgan fingerprint density at radius 2 is 1.62 bits per heavy atom. The molecule has 0 radical (unpaired) electrons. The Bertz CT molecular complexity index is 825. The van der Waals surface area contributed by atoms with Crippen LogP contribution in [0.15, 0.2) is 53.5 Å². The molecule has 0 saturated carbocycles. The second-order valence-electron chi connectivity index (χ2n) is 7.50. The van der Waals surface area contributed by atoms with E-state index in [0.717, 1.165) is 12.1 Å². The minimum Gasteiger partial charge on any atom is -0.366 e. The number of piperidine rings is 1. The molecule has 6 heteroatoms. The zero-order valence-electron chi connectivity index (χ0n) is 17.2. The molecule has 29 heavy (non-hydrogen) atoms. The van der Waals surface area contributed by atoms with E-state index in [4.69, 9.17) is 5.73 Å². The molecule has 1 amide bonds. The maximum absolute atomic E-state index is 11.3. The molecule has 2 aromatic carbocycles. The molecule has 4 N–H and O–H groups in total. The molecule has 154 valence electrons. The number of hydrogen-bond acceptors (Lipinski definition) is 3. The van der Waals surface area contributed by atoms with Crippen LogP contribution in [0, 0.1) is 0 Å². The summed E-state index contributed by atoms with van der Waals surface area (Å²) < 4.78 is 0. The molecule has 1 saturated heterocycles. The number of primary amides is 1. The van der Waals surface area contributed by atoms with Gasteiger partial charge in [0.1, 0.15) is 0 Å². The molecule has 1 aliphatic heterocycles. The molecular formula is C23H31N5O. The number of nitrogens with zero attached hydrogens (tertiary/aromatic N) is 2. The maximum atomic E-state index is 11.3. The summed E-state index contributed by atoms with van der Waals surface area (Å²) in [5.41, 5.74) is 9.41. The number of likely N-dealkylation sites (tertiary alicyclic amines) is 1. The zero-order valence-corrected chi connectivity index (χ0v) is 17.2. The minimum absolute atomic E-state index is 0.418. The van der Waals surface area contributed by atoms with Gasteiger partial charge in [0.25, 0.3) is 0 Å². The number of aliphatic imine (C=N–C) groups is 1. The van der Waals surface area contributed by atoms with Crippen LogP contribution in [0.5, 0.6) is 0 Å². The summed E-state index contributed by atoms with van der Waals surface area (Å²) in [6.45, 7) is 4.74. The van der Waals surface area contributed by atoms with Gasteiger partial charge in [0.15, 0.2) is 5.96 Å². The zero-order chi connectivity index (χ0) is 20.5. The first-order valence-corrected chi connectivity index (χ1v) is 10.3. The predicted octanol–water partition coefficient (Wildman–Crippen LogP) is 2.64. The fraction of sp³-hybridized carbons (Fsp3) is 0.391. The number of hydrogen-bond donors (Lipinski definition) is 3. The molecule has 0 atom stereocenters. The van der Waals surface area contributed by atoms with Crippen LogP contribution < -0.4 is 16.4 Å². The molecule has 0 aromatic heterocycles. The molecule has 1 fully saturated rings. The number of nitrogens with two attached hydrogens (primary N) is 1. The standard InChI is InChI=1S/C23H31N5O/c1-25-23(27-16-20-6-5-7-21(14-20)22(24)29)26-15-18-8-10-19(11-9-18)17-28-12-3-2-4-13-28/h5-11,14H,2-4,12-13,15-17H2,1H3,(H2,24,29)(H2,25,26,27). The fourth-order valence-electron chi connectivity index (χ4n) is 3.56. The third-order valence-corrected chi connectivity index (χ3v) is 5.23. The Hall–Kier alpha value is -2.86. The van der Waals surface area contributed by atoms with E-state index >= 15 is 0 Å². The van der Waals surface area contributed by atoms with Crippen molar-refractivity contribution in [2.45, 2.75) is 38.9 Å². The van der Waals surface area contributed by atoms with E-state index in [1.54, 1.807) is 19.2 Å². The van der Waals surface area contributed by atoms with Crippen LogP contribution in [-0.4, -0.2) is 36.9 Å². The number of amides is 1. The smallest absolute Gasteiger partial charge is 0.248 e. The van der Waals surface area contributed by atoms with Gasteiger partial charge in [0.05, 0.1) is 0 Å². The van der Waals surface area contributed by atoms with Crippen LogP contribution in [0.3, 0.4) is 0 Å². The van der Waals surface area contributed by atoms with Crippen LogP contribution in [0.2, 0.25) is 0 Å². The lowest BCUT2D eigenvalue weighted by Gasteiger charge is -2.26. The van der Waals surface area contributed by atoms with Crippen molar-refractivity contribution in [3.8, 4) is 0 Å². The Kier molecular flexibility index (Phi) is 7.64. The van der Waals surface area contributed by atoms with E-state index in [-0.39, 0.29) is 0 Å². The van der Waals surface area contributed by atoms with E-state index in [1.807, 2.05) is 12.1 Å². The number of carbonyl (C=O) groups excluding carboxylic acids is 1. The largest absolute Gasteiger partial charge is 0.366 e. The van der Waals surface area contributed by atoms with Crippen molar-refractivity contribution in [1.29, 1.82) is 0 Å². The summed E-state index contributed by atoms with van der Waals surface area (Å²) in [4.78, 5) is 18.1. The molecule has 0 spiro atoms. The van der Waals surface area contributed by atoms with Crippen LogP contribution >= 0.6 is 0 Å². The van der Waals surface area contributed by atoms with Gasteiger partial charge < -0.3 is 16.4 Å². The normalized spacial score (nSPS) is 15.1. The molecule has 6 nitrogen and oxygen atoms in total. The first kappa shape index (κ1) is 20.9. The van der Waals surface area contributed by atoms with E-state index < -0.39 is 5.91 Å². The first-order valence-electron chi connectivity index (χ1n) is 10.3. The fourth-order valence-corrected chi connectivity index (χ4v) is 3.56. The number of carbonyl (C=O) groups is 1. The number of rotatable bonds is 7. The minimum atomic E-state index is -0.418. The van der Waals surface area contributed by atoms with Gasteiger partial charge in [-0.15, -0.1) is 0 Å². The maximum Gasteiger partial charge on any atom is 0.248 e. The van der Waals surface area contributed by atoms with E-state index in [0.29, 0.717) is 24.6 Å². The lowest BCUT2D eigenvalue weighted by Crippen LogP contribution is -2.36. The van der Waals surface area contributed by atoms with Gasteiger partial charge in [-0.05, 0) is 54.8 Å². The molecule has 0 bridgehead atoms. The summed E-state index contributed by atoms with van der Waals surface area (Å²) in [7, 11) is 1.75. The van der Waals surface area contributed by atoms with Crippen molar-refractivity contribution < 1.29 is 4.79 Å². The van der Waals surface area contributed by atoms with Crippen LogP contribution in [0.4, 0.5) is 0 Å². The monoisotopic (exact) mass is 393 g/mol. The van der Waals surface area contributed by atoms with Crippen LogP contribution in [0.25, 0.3) is 0 Å². The second-order valence-corrected chi connectivity index (χ2v) is 7.50. The van der Waals surface area contributed by atoms with Gasteiger partial charge in [-0.1, -0.05) is 42.8 Å². The van der Waals surface area contributed by atoms with Crippen molar-refractivity contribution in [2.75, 3.05) is 20.1 Å². The Morgan fingerprint density at radius 1 is 0.966 bits per heavy atom. The Balaban J connectivity index is 1.46. The van der Waals surface area contributed by atoms with E-state index in [1.165, 1.54) is 43.5 Å². The molecule has 0 unspecified atom stereocenters. The Labute approximate surface area is 173 Å². The van der Waals surface area contributed by atoms with Gasteiger partial charge in [-0.2, -0.15) is 0 Å². The number of benzene rings is 2. The predicted molar refractivity (Wildman–Crippen MR) is 118 cm³/mol. The van der Waals surface area contributed by atoms with Crippen molar-refractivity contribution in [3.63, 3.8) is 0 Å². The average molecular weight is 394 g/mol. The molecule has 2 aromatic rings. The lowest BCUT2D eigenvalue weighted by molar-refractivity contribution is 0.1000. The summed E-state index contributed by atoms with van der Waals surface area (Å²) in [5.74, 6) is 0.296. The highest BCUT2D eigenvalue weighted by molar-refractivity contribution is 5.92. The molecule has 1 aliphatic rings. The van der Waals surface area contributed by atoms with Crippen molar-refractivity contribution >= 4 is 11.9 Å². The molecular weight excluding hydrogens is 362 g/mol. The second kappa shape index (κ2) is 10.6. The number of guanidine groups is 1. The lowest BCUT2D eigenvalue weighted by atomic mass is 10.1. The van der Waals surface area contributed by atoms with E-state index in [2.05, 4.69) is 44.8 Å². The SMILES string of the molecule is CN=C(NCc1ccc(CN2CCCCC2)cc1)NCc1cccc(C(N)=O)c1. The van der Waals surface area contributed by atoms with Gasteiger partial charge in [-0.25, -0.2) is 0 Å². The highest BCUT2D eigenvalue weighted by atomic mass is 16.1. The molecule has 3 rings (SSSR count). The van der Waals surface area contributed by atoms with E-state index in [9.17, 15) is 4.79 Å². The van der Waals surface area contributed by atoms with Crippen LogP contribution in [0.1, 0.15) is 46.3 Å². The van der Waals surface area contributed by atoms with Gasteiger partial charge in [0, 0.05) is 32.2 Å². The third kappa shape index (κ3) is 6.61. The summed E-state index contributed by atoms with van der Waals surface area (Å²) in [6.07, 6.45) is 4.01. The van der Waals surface area contributed by atoms with Gasteiger partial charge >= 0.3 is 0 Å². The summed E-state index contributed by atoms with van der Waals surface area (Å²) in [6, 6.07) is 16.1. The Morgan fingerprint density at radius 3 is 2.28 bits per heavy atom. The highest BCUT2D eigenvalue weighted by Gasteiger charge is 2.10. The number of nitrogens with one attached hydrogen (secondary N) is 2. The van der Waals surface area contributed by atoms with Crippen molar-refractivity contribution in [2.24, 2.45) is 10.7 Å². The topological polar surface area (TPSA) is 82.8 Å². The first-order chi connectivity index (χ1) is 14.1. The average Bonchev–Trinajstić information content (AvgIpc) is 2.76. The summed E-state index contributed by atoms with van der Waals surface area (Å²) in [5, 5.41) is 6.60. The summed E-state index contributed by atoms with van der Waals surface area (Å²) >= 11 is 0.